The Labute approximate surface area is 180 Å². The average molecular weight is 423 g/mol. The van der Waals surface area contributed by atoms with Crippen LogP contribution in [0.15, 0.2) is 12.2 Å². The molecule has 0 radical (unpaired) electrons. The zero-order valence-corrected chi connectivity index (χ0v) is 18.8. The quantitative estimate of drug-likeness (QED) is 0.393. The second-order valence-corrected chi connectivity index (χ2v) is 8.47. The number of likely N-dealkylation sites (tertiary alicyclic amines) is 1. The summed E-state index contributed by atoms with van der Waals surface area (Å²) in [6, 6.07) is -0.651. The maximum atomic E-state index is 13.5. The van der Waals surface area contributed by atoms with E-state index in [2.05, 4.69) is 19.2 Å². The molecule has 7 nitrogen and oxygen atoms in total. The standard InChI is InChI=1S/C23H38N2O5/c1-5-9-15(4)24-21(27)20-17-12-11-16(10-6-2)18(23(29)30-7-3)19(17)22(28)25(20)13-8-14-26/h11-12,15-20,26H,5-10,13-14H2,1-4H3,(H,24,27)/t15?,16-,17+,18-,19+,20+/m1/s1. The topological polar surface area (TPSA) is 95.9 Å². The summed E-state index contributed by atoms with van der Waals surface area (Å²) in [4.78, 5) is 41.1. The highest BCUT2D eigenvalue weighted by Crippen LogP contribution is 2.45. The number of nitrogens with one attached hydrogen (secondary N) is 1. The van der Waals surface area contributed by atoms with Crippen LogP contribution >= 0.6 is 0 Å². The van der Waals surface area contributed by atoms with Crippen molar-refractivity contribution >= 4 is 17.8 Å². The van der Waals surface area contributed by atoms with Crippen LogP contribution in [0.4, 0.5) is 0 Å². The van der Waals surface area contributed by atoms with E-state index in [9.17, 15) is 19.5 Å². The fourth-order valence-electron chi connectivity index (χ4n) is 4.98. The Morgan fingerprint density at radius 3 is 2.57 bits per heavy atom. The Hall–Kier alpha value is -1.89. The predicted octanol–water partition coefficient (Wildman–Crippen LogP) is 2.28. The second kappa shape index (κ2) is 11.5. The number of nitrogens with zero attached hydrogens (tertiary/aromatic N) is 1. The molecule has 1 saturated heterocycles. The molecule has 6 atom stereocenters. The zero-order valence-electron chi connectivity index (χ0n) is 18.8. The van der Waals surface area contributed by atoms with E-state index < -0.39 is 17.9 Å². The van der Waals surface area contributed by atoms with Crippen molar-refractivity contribution in [3.8, 4) is 0 Å². The van der Waals surface area contributed by atoms with E-state index in [1.54, 1.807) is 11.8 Å². The lowest BCUT2D eigenvalue weighted by Gasteiger charge is -2.34. The maximum Gasteiger partial charge on any atom is 0.310 e. The summed E-state index contributed by atoms with van der Waals surface area (Å²) in [5.74, 6) is -2.33. The molecule has 170 valence electrons. The van der Waals surface area contributed by atoms with Crippen LogP contribution in [0, 0.1) is 23.7 Å². The lowest BCUT2D eigenvalue weighted by Crippen LogP contribution is -2.49. The van der Waals surface area contributed by atoms with Crippen molar-refractivity contribution in [1.82, 2.24) is 10.2 Å². The smallest absolute Gasteiger partial charge is 0.310 e. The van der Waals surface area contributed by atoms with E-state index in [0.717, 1.165) is 25.7 Å². The fraction of sp³-hybridized carbons (Fsp3) is 0.783. The third-order valence-electron chi connectivity index (χ3n) is 6.23. The zero-order chi connectivity index (χ0) is 22.3. The summed E-state index contributed by atoms with van der Waals surface area (Å²) in [7, 11) is 0. The Kier molecular flexibility index (Phi) is 9.34. The Morgan fingerprint density at radius 1 is 1.23 bits per heavy atom. The third-order valence-corrected chi connectivity index (χ3v) is 6.23. The van der Waals surface area contributed by atoms with Crippen LogP contribution < -0.4 is 5.32 Å². The largest absolute Gasteiger partial charge is 0.466 e. The van der Waals surface area contributed by atoms with Gasteiger partial charge in [0.05, 0.1) is 18.4 Å². The minimum absolute atomic E-state index is 0.0117. The molecule has 0 bridgehead atoms. The summed E-state index contributed by atoms with van der Waals surface area (Å²) in [5.41, 5.74) is 0. The van der Waals surface area contributed by atoms with Crippen molar-refractivity contribution in [3.05, 3.63) is 12.2 Å². The second-order valence-electron chi connectivity index (χ2n) is 8.47. The SMILES string of the molecule is CCCC(C)NC(=O)[C@@H]1[C@H]2C=C[C@@H](CCC)[C@@H](C(=O)OCC)[C@H]2C(=O)N1CCCO. The Bertz CT molecular complexity index is 635. The minimum Gasteiger partial charge on any atom is -0.466 e. The Balaban J connectivity index is 2.39. The van der Waals surface area contributed by atoms with Gasteiger partial charge in [0.15, 0.2) is 0 Å². The summed E-state index contributed by atoms with van der Waals surface area (Å²) < 4.78 is 5.34. The van der Waals surface area contributed by atoms with Crippen LogP contribution in [0.2, 0.25) is 0 Å². The van der Waals surface area contributed by atoms with Crippen molar-refractivity contribution in [2.24, 2.45) is 23.7 Å². The molecule has 2 aliphatic rings. The van der Waals surface area contributed by atoms with Crippen LogP contribution in [0.5, 0.6) is 0 Å². The number of fused-ring (bicyclic) bond motifs is 1. The number of aliphatic hydroxyl groups excluding tert-OH is 1. The highest BCUT2D eigenvalue weighted by molar-refractivity contribution is 5.96. The average Bonchev–Trinajstić information content (AvgIpc) is 2.98. The monoisotopic (exact) mass is 422 g/mol. The third kappa shape index (κ3) is 5.23. The molecule has 1 fully saturated rings. The molecular weight excluding hydrogens is 384 g/mol. The number of hydrogen-bond acceptors (Lipinski definition) is 5. The van der Waals surface area contributed by atoms with Gasteiger partial charge >= 0.3 is 5.97 Å². The molecule has 1 aliphatic heterocycles. The molecule has 0 spiro atoms. The highest BCUT2D eigenvalue weighted by atomic mass is 16.5. The highest BCUT2D eigenvalue weighted by Gasteiger charge is 2.57. The van der Waals surface area contributed by atoms with Gasteiger partial charge in [0.2, 0.25) is 11.8 Å². The number of carbonyl (C=O) groups excluding carboxylic acids is 3. The Morgan fingerprint density at radius 2 is 1.97 bits per heavy atom. The summed E-state index contributed by atoms with van der Waals surface area (Å²) >= 11 is 0. The molecule has 0 aromatic carbocycles. The van der Waals surface area contributed by atoms with Gasteiger partial charge in [-0.1, -0.05) is 38.8 Å². The number of esters is 1. The van der Waals surface area contributed by atoms with Gasteiger partial charge in [0.25, 0.3) is 0 Å². The number of ether oxygens (including phenoxy) is 1. The van der Waals surface area contributed by atoms with E-state index >= 15 is 0 Å². The molecule has 1 heterocycles. The number of allylic oxidation sites excluding steroid dienone is 1. The number of amides is 2. The molecule has 0 aromatic heterocycles. The molecule has 2 rings (SSSR count). The van der Waals surface area contributed by atoms with Crippen LogP contribution in [0.1, 0.15) is 59.8 Å². The molecule has 0 saturated carbocycles. The van der Waals surface area contributed by atoms with Gasteiger partial charge < -0.3 is 20.1 Å². The van der Waals surface area contributed by atoms with Gasteiger partial charge in [-0.2, -0.15) is 0 Å². The first-order valence-electron chi connectivity index (χ1n) is 11.5. The molecule has 30 heavy (non-hydrogen) atoms. The normalized spacial score (nSPS) is 28.9. The molecule has 2 N–H and O–H groups in total. The van der Waals surface area contributed by atoms with Crippen LogP contribution in [0.25, 0.3) is 0 Å². The van der Waals surface area contributed by atoms with Crippen molar-refractivity contribution in [2.45, 2.75) is 71.9 Å². The molecular formula is C23H38N2O5. The summed E-state index contributed by atoms with van der Waals surface area (Å²) in [6.07, 6.45) is 7.86. The molecule has 1 unspecified atom stereocenters. The number of carbonyl (C=O) groups is 3. The molecule has 0 aromatic rings. The van der Waals surface area contributed by atoms with E-state index in [1.165, 1.54) is 0 Å². The van der Waals surface area contributed by atoms with Gasteiger partial charge in [-0.15, -0.1) is 0 Å². The molecule has 7 heteroatoms. The molecule has 1 aliphatic carbocycles. The van der Waals surface area contributed by atoms with Crippen LogP contribution in [-0.4, -0.2) is 59.6 Å². The maximum absolute atomic E-state index is 13.5. The lowest BCUT2D eigenvalue weighted by atomic mass is 9.68. The fourth-order valence-corrected chi connectivity index (χ4v) is 4.98. The number of rotatable bonds is 11. The van der Waals surface area contributed by atoms with E-state index in [1.807, 2.05) is 19.1 Å². The first kappa shape index (κ1) is 24.4. The van der Waals surface area contributed by atoms with Crippen molar-refractivity contribution in [1.29, 1.82) is 0 Å². The van der Waals surface area contributed by atoms with Crippen LogP contribution in [-0.2, 0) is 19.1 Å². The summed E-state index contributed by atoms with van der Waals surface area (Å²) in [6.45, 7) is 8.34. The van der Waals surface area contributed by atoms with Crippen molar-refractivity contribution in [3.63, 3.8) is 0 Å². The first-order chi connectivity index (χ1) is 14.4. The molecule has 2 amide bonds. The number of aliphatic hydroxyl groups is 1. The van der Waals surface area contributed by atoms with Crippen molar-refractivity contribution < 1.29 is 24.2 Å². The van der Waals surface area contributed by atoms with Gasteiger partial charge in [0.1, 0.15) is 6.04 Å². The van der Waals surface area contributed by atoms with Gasteiger partial charge in [-0.05, 0) is 39.0 Å². The van der Waals surface area contributed by atoms with E-state index in [4.69, 9.17) is 4.74 Å². The number of hydrogen-bond donors (Lipinski definition) is 2. The predicted molar refractivity (Wildman–Crippen MR) is 114 cm³/mol. The van der Waals surface area contributed by atoms with E-state index in [-0.39, 0.29) is 48.9 Å². The van der Waals surface area contributed by atoms with Crippen molar-refractivity contribution in [2.75, 3.05) is 19.8 Å². The minimum atomic E-state index is -0.663. The van der Waals surface area contributed by atoms with E-state index in [0.29, 0.717) is 13.0 Å². The lowest BCUT2D eigenvalue weighted by molar-refractivity contribution is -0.155. The van der Waals surface area contributed by atoms with Gasteiger partial charge in [0, 0.05) is 25.1 Å². The van der Waals surface area contributed by atoms with Gasteiger partial charge in [-0.25, -0.2) is 0 Å². The summed E-state index contributed by atoms with van der Waals surface area (Å²) in [5, 5.41) is 12.4. The van der Waals surface area contributed by atoms with Gasteiger partial charge in [-0.3, -0.25) is 14.4 Å². The van der Waals surface area contributed by atoms with Crippen LogP contribution in [0.3, 0.4) is 0 Å². The first-order valence-corrected chi connectivity index (χ1v) is 11.5.